The molecule has 23 heavy (non-hydrogen) atoms. The van der Waals surface area contributed by atoms with Crippen molar-refractivity contribution in [1.82, 2.24) is 9.80 Å². The number of piperidine rings is 1. The van der Waals surface area contributed by atoms with Crippen molar-refractivity contribution in [1.29, 1.82) is 0 Å². The molecule has 3 rings (SSSR count). The minimum atomic E-state index is -0.160. The van der Waals surface area contributed by atoms with Gasteiger partial charge in [-0.05, 0) is 36.3 Å². The highest BCUT2D eigenvalue weighted by Gasteiger charge is 2.34. The number of rotatable bonds is 3. The molecule has 7 heteroatoms. The lowest BCUT2D eigenvalue weighted by molar-refractivity contribution is -0.136. The van der Waals surface area contributed by atoms with Crippen molar-refractivity contribution >= 4 is 57.5 Å². The zero-order chi connectivity index (χ0) is 16.4. The molecule has 2 aliphatic rings. The Morgan fingerprint density at radius 2 is 2.17 bits per heavy atom. The van der Waals surface area contributed by atoms with Crippen LogP contribution in [0, 0.1) is 5.92 Å². The number of thiocarbonyl (C=S) groups is 1. The van der Waals surface area contributed by atoms with E-state index >= 15 is 0 Å². The van der Waals surface area contributed by atoms with Crippen LogP contribution in [0.2, 0.25) is 0 Å². The molecule has 0 bridgehead atoms. The smallest absolute Gasteiger partial charge is 0.266 e. The molecule has 3 heterocycles. The molecule has 2 aliphatic heterocycles. The standard InChI is InChI=1S/C16H18N2O2S3/c1-11-4-6-17(7-5-11)14(19)10-18-15(20)13(23-16(18)21)9-12-3-2-8-22-12/h2-3,8-9,11H,4-7,10H2,1H3. The predicted molar refractivity (Wildman–Crippen MR) is 99.2 cm³/mol. The van der Waals surface area contributed by atoms with E-state index < -0.39 is 0 Å². The number of carbonyl (C=O) groups excluding carboxylic acids is 2. The second-order valence-corrected chi connectivity index (χ2v) is 8.50. The van der Waals surface area contributed by atoms with Crippen molar-refractivity contribution in [2.24, 2.45) is 5.92 Å². The highest BCUT2D eigenvalue weighted by Crippen LogP contribution is 2.33. The van der Waals surface area contributed by atoms with Gasteiger partial charge in [0.05, 0.1) is 4.91 Å². The van der Waals surface area contributed by atoms with Gasteiger partial charge in [-0.3, -0.25) is 14.5 Å². The van der Waals surface area contributed by atoms with Gasteiger partial charge in [0.25, 0.3) is 5.91 Å². The molecule has 2 fully saturated rings. The van der Waals surface area contributed by atoms with Crippen LogP contribution < -0.4 is 0 Å². The zero-order valence-electron chi connectivity index (χ0n) is 12.9. The number of thiophene rings is 1. The summed E-state index contributed by atoms with van der Waals surface area (Å²) in [6, 6.07) is 3.90. The van der Waals surface area contributed by atoms with Gasteiger partial charge >= 0.3 is 0 Å². The molecular weight excluding hydrogens is 348 g/mol. The largest absolute Gasteiger partial charge is 0.341 e. The van der Waals surface area contributed by atoms with Gasteiger partial charge in [0, 0.05) is 18.0 Å². The normalized spacial score (nSPS) is 21.5. The van der Waals surface area contributed by atoms with Gasteiger partial charge in [-0.2, -0.15) is 0 Å². The summed E-state index contributed by atoms with van der Waals surface area (Å²) in [6.07, 6.45) is 3.90. The third-order valence-electron chi connectivity index (χ3n) is 4.12. The number of nitrogens with zero attached hydrogens (tertiary/aromatic N) is 2. The van der Waals surface area contributed by atoms with Crippen LogP contribution in [0.1, 0.15) is 24.6 Å². The van der Waals surface area contributed by atoms with Gasteiger partial charge in [-0.15, -0.1) is 11.3 Å². The maximum atomic E-state index is 12.5. The van der Waals surface area contributed by atoms with E-state index in [1.165, 1.54) is 16.7 Å². The first kappa shape index (κ1) is 16.7. The third-order valence-corrected chi connectivity index (χ3v) is 6.32. The van der Waals surface area contributed by atoms with Gasteiger partial charge in [0.1, 0.15) is 10.9 Å². The van der Waals surface area contributed by atoms with E-state index in [0.717, 1.165) is 30.8 Å². The fourth-order valence-electron chi connectivity index (χ4n) is 2.63. The van der Waals surface area contributed by atoms with Crippen LogP contribution in [0.5, 0.6) is 0 Å². The first-order valence-electron chi connectivity index (χ1n) is 7.61. The summed E-state index contributed by atoms with van der Waals surface area (Å²) in [5.41, 5.74) is 0. The molecule has 0 aliphatic carbocycles. The average Bonchev–Trinajstić information content (AvgIpc) is 3.12. The van der Waals surface area contributed by atoms with Gasteiger partial charge in [-0.1, -0.05) is 37.0 Å². The molecule has 0 spiro atoms. The fraction of sp³-hybridized carbons (Fsp3) is 0.438. The Hall–Kier alpha value is -1.18. The Labute approximate surface area is 149 Å². The minimum Gasteiger partial charge on any atom is -0.341 e. The van der Waals surface area contributed by atoms with Crippen molar-refractivity contribution in [2.45, 2.75) is 19.8 Å². The van der Waals surface area contributed by atoms with E-state index in [0.29, 0.717) is 15.1 Å². The Bertz CT molecular complexity index is 646. The van der Waals surface area contributed by atoms with Crippen LogP contribution in [0.3, 0.4) is 0 Å². The summed E-state index contributed by atoms with van der Waals surface area (Å²) in [4.78, 5) is 29.8. The Morgan fingerprint density at radius 1 is 1.43 bits per heavy atom. The van der Waals surface area contributed by atoms with E-state index in [4.69, 9.17) is 12.2 Å². The second kappa shape index (κ2) is 7.15. The van der Waals surface area contributed by atoms with Gasteiger partial charge in [0.15, 0.2) is 0 Å². The Kier molecular flexibility index (Phi) is 5.18. The Balaban J connectivity index is 1.65. The van der Waals surface area contributed by atoms with E-state index in [2.05, 4.69) is 6.92 Å². The molecule has 1 aromatic rings. The molecule has 4 nitrogen and oxygen atoms in total. The molecule has 0 unspecified atom stereocenters. The molecule has 1 aromatic heterocycles. The lowest BCUT2D eigenvalue weighted by Crippen LogP contribution is -2.45. The van der Waals surface area contributed by atoms with Gasteiger partial charge in [-0.25, -0.2) is 0 Å². The molecule has 2 amide bonds. The van der Waals surface area contributed by atoms with Gasteiger partial charge in [0.2, 0.25) is 5.91 Å². The van der Waals surface area contributed by atoms with Gasteiger partial charge < -0.3 is 4.90 Å². The van der Waals surface area contributed by atoms with Crippen LogP contribution in [0.15, 0.2) is 22.4 Å². The van der Waals surface area contributed by atoms with Crippen LogP contribution in [-0.2, 0) is 9.59 Å². The quantitative estimate of drug-likeness (QED) is 0.608. The summed E-state index contributed by atoms with van der Waals surface area (Å²) < 4.78 is 0.469. The SMILES string of the molecule is CC1CCN(C(=O)CN2C(=O)C(=Cc3cccs3)SC2=S)CC1. The summed E-state index contributed by atoms with van der Waals surface area (Å²) in [6.45, 7) is 3.82. The molecule has 0 saturated carbocycles. The molecule has 0 atom stereocenters. The molecule has 0 aromatic carbocycles. The number of amides is 2. The highest BCUT2D eigenvalue weighted by molar-refractivity contribution is 8.26. The first-order valence-corrected chi connectivity index (χ1v) is 9.71. The summed E-state index contributed by atoms with van der Waals surface area (Å²) in [5, 5.41) is 1.97. The van der Waals surface area contributed by atoms with Crippen LogP contribution in [0.4, 0.5) is 0 Å². The number of likely N-dealkylation sites (tertiary alicyclic amines) is 1. The van der Waals surface area contributed by atoms with Crippen molar-refractivity contribution < 1.29 is 9.59 Å². The predicted octanol–water partition coefficient (Wildman–Crippen LogP) is 3.21. The van der Waals surface area contributed by atoms with E-state index in [-0.39, 0.29) is 18.4 Å². The maximum absolute atomic E-state index is 12.5. The van der Waals surface area contributed by atoms with Crippen LogP contribution in [0.25, 0.3) is 6.08 Å². The molecule has 2 saturated heterocycles. The number of thioether (sulfide) groups is 1. The Morgan fingerprint density at radius 3 is 2.83 bits per heavy atom. The summed E-state index contributed by atoms with van der Waals surface area (Å²) >= 11 is 8.13. The fourth-order valence-corrected chi connectivity index (χ4v) is 4.61. The lowest BCUT2D eigenvalue weighted by atomic mass is 9.99. The maximum Gasteiger partial charge on any atom is 0.266 e. The molecule has 122 valence electrons. The molecule has 0 N–H and O–H groups in total. The monoisotopic (exact) mass is 366 g/mol. The summed E-state index contributed by atoms with van der Waals surface area (Å²) in [7, 11) is 0. The van der Waals surface area contributed by atoms with Crippen molar-refractivity contribution in [3.05, 3.63) is 27.3 Å². The minimum absolute atomic E-state index is 0.00873. The molecular formula is C16H18N2O2S3. The molecule has 0 radical (unpaired) electrons. The number of hydrogen-bond donors (Lipinski definition) is 0. The second-order valence-electron chi connectivity index (χ2n) is 5.85. The lowest BCUT2D eigenvalue weighted by Gasteiger charge is -2.31. The third kappa shape index (κ3) is 3.84. The average molecular weight is 367 g/mol. The summed E-state index contributed by atoms with van der Waals surface area (Å²) in [5.74, 6) is 0.502. The zero-order valence-corrected chi connectivity index (χ0v) is 15.3. The van der Waals surface area contributed by atoms with Crippen molar-refractivity contribution in [3.63, 3.8) is 0 Å². The first-order chi connectivity index (χ1) is 11.0. The van der Waals surface area contributed by atoms with Crippen LogP contribution >= 0.6 is 35.3 Å². The van der Waals surface area contributed by atoms with Crippen LogP contribution in [-0.4, -0.2) is 45.6 Å². The number of carbonyl (C=O) groups is 2. The topological polar surface area (TPSA) is 40.6 Å². The highest BCUT2D eigenvalue weighted by atomic mass is 32.2. The number of hydrogen-bond acceptors (Lipinski definition) is 5. The van der Waals surface area contributed by atoms with E-state index in [1.54, 1.807) is 11.3 Å². The van der Waals surface area contributed by atoms with Crippen molar-refractivity contribution in [3.8, 4) is 0 Å². The van der Waals surface area contributed by atoms with Crippen molar-refractivity contribution in [2.75, 3.05) is 19.6 Å². The van der Waals surface area contributed by atoms with E-state index in [1.807, 2.05) is 28.5 Å². The van der Waals surface area contributed by atoms with E-state index in [9.17, 15) is 9.59 Å².